The van der Waals surface area contributed by atoms with Crippen LogP contribution in [0, 0.1) is 6.92 Å². The Morgan fingerprint density at radius 3 is 2.90 bits per heavy atom. The van der Waals surface area contributed by atoms with Crippen LogP contribution in [0.15, 0.2) is 18.2 Å². The third kappa shape index (κ3) is 2.48. The number of hydrogen-bond donors (Lipinski definition) is 1. The number of nitrogen functional groups attached to an aromatic ring is 1. The topological polar surface area (TPSA) is 66.6 Å². The Hall–Kier alpha value is -2.04. The lowest BCUT2D eigenvalue weighted by Crippen LogP contribution is -2.60. The molecule has 112 valence electrons. The standard InChI is InChI=1S/C16H21N3O2/c1-11-12(5-4-6-13(11)17)9-18-10-15(20)19-8-3-2-7-14(19)16(18)21/h4-6,14H,2-3,7-10,17H2,1H3. The van der Waals surface area contributed by atoms with Crippen molar-refractivity contribution in [3.63, 3.8) is 0 Å². The van der Waals surface area contributed by atoms with E-state index < -0.39 is 0 Å². The number of carbonyl (C=O) groups excluding carboxylic acids is 2. The van der Waals surface area contributed by atoms with Crippen molar-refractivity contribution in [3.05, 3.63) is 29.3 Å². The number of hydrogen-bond acceptors (Lipinski definition) is 3. The van der Waals surface area contributed by atoms with Gasteiger partial charge < -0.3 is 15.5 Å². The summed E-state index contributed by atoms with van der Waals surface area (Å²) >= 11 is 0. The molecule has 2 heterocycles. The number of nitrogens with zero attached hydrogens (tertiary/aromatic N) is 2. The van der Waals surface area contributed by atoms with Gasteiger partial charge in [-0.1, -0.05) is 12.1 Å². The van der Waals surface area contributed by atoms with E-state index in [0.29, 0.717) is 6.54 Å². The summed E-state index contributed by atoms with van der Waals surface area (Å²) in [5.74, 6) is 0.150. The van der Waals surface area contributed by atoms with E-state index in [-0.39, 0.29) is 24.4 Å². The van der Waals surface area contributed by atoms with E-state index in [4.69, 9.17) is 5.73 Å². The molecule has 2 fully saturated rings. The molecule has 0 aliphatic carbocycles. The average Bonchev–Trinajstić information content (AvgIpc) is 2.49. The molecule has 1 aromatic rings. The van der Waals surface area contributed by atoms with Gasteiger partial charge in [-0.3, -0.25) is 9.59 Å². The minimum absolute atomic E-state index is 0.0702. The van der Waals surface area contributed by atoms with Crippen LogP contribution in [0.3, 0.4) is 0 Å². The zero-order valence-electron chi connectivity index (χ0n) is 12.3. The van der Waals surface area contributed by atoms with Crippen molar-refractivity contribution >= 4 is 17.5 Å². The number of nitrogens with two attached hydrogens (primary N) is 1. The summed E-state index contributed by atoms with van der Waals surface area (Å²) in [5.41, 5.74) is 8.64. The molecule has 0 saturated carbocycles. The Labute approximate surface area is 124 Å². The van der Waals surface area contributed by atoms with Gasteiger partial charge in [0, 0.05) is 18.8 Å². The van der Waals surface area contributed by atoms with Gasteiger partial charge in [0.25, 0.3) is 0 Å². The van der Waals surface area contributed by atoms with Gasteiger partial charge in [0.05, 0.1) is 0 Å². The second-order valence-corrected chi connectivity index (χ2v) is 5.92. The molecule has 2 N–H and O–H groups in total. The van der Waals surface area contributed by atoms with E-state index in [1.54, 1.807) is 9.80 Å². The number of carbonyl (C=O) groups is 2. The number of benzene rings is 1. The second kappa shape index (κ2) is 5.39. The number of rotatable bonds is 2. The molecule has 2 amide bonds. The van der Waals surface area contributed by atoms with Crippen LogP contribution in [0.4, 0.5) is 5.69 Å². The fourth-order valence-electron chi connectivity index (χ4n) is 3.24. The van der Waals surface area contributed by atoms with Crippen molar-refractivity contribution in [3.8, 4) is 0 Å². The highest BCUT2D eigenvalue weighted by Gasteiger charge is 2.40. The molecule has 21 heavy (non-hydrogen) atoms. The molecular formula is C16H21N3O2. The van der Waals surface area contributed by atoms with Crippen LogP contribution in [0.25, 0.3) is 0 Å². The number of piperazine rings is 1. The first-order valence-electron chi connectivity index (χ1n) is 7.50. The number of anilines is 1. The van der Waals surface area contributed by atoms with Gasteiger partial charge in [-0.15, -0.1) is 0 Å². The molecule has 5 heteroatoms. The minimum Gasteiger partial charge on any atom is -0.399 e. The Morgan fingerprint density at radius 2 is 2.10 bits per heavy atom. The van der Waals surface area contributed by atoms with Gasteiger partial charge in [0.2, 0.25) is 11.8 Å². The van der Waals surface area contributed by atoms with E-state index in [2.05, 4.69) is 0 Å². The van der Waals surface area contributed by atoms with Crippen molar-refractivity contribution in [2.45, 2.75) is 38.8 Å². The molecule has 0 bridgehead atoms. The van der Waals surface area contributed by atoms with Gasteiger partial charge in [-0.25, -0.2) is 0 Å². The van der Waals surface area contributed by atoms with Gasteiger partial charge in [0.1, 0.15) is 12.6 Å². The Bertz CT molecular complexity index is 585. The molecule has 0 spiro atoms. The maximum Gasteiger partial charge on any atom is 0.246 e. The molecule has 5 nitrogen and oxygen atoms in total. The summed E-state index contributed by atoms with van der Waals surface area (Å²) in [5, 5.41) is 0. The van der Waals surface area contributed by atoms with Crippen molar-refractivity contribution in [1.82, 2.24) is 9.80 Å². The Balaban J connectivity index is 1.81. The molecule has 2 saturated heterocycles. The normalized spacial score (nSPS) is 22.4. The highest BCUT2D eigenvalue weighted by Crippen LogP contribution is 2.25. The van der Waals surface area contributed by atoms with Crippen molar-refractivity contribution < 1.29 is 9.59 Å². The minimum atomic E-state index is -0.249. The van der Waals surface area contributed by atoms with Crippen LogP contribution in [0.2, 0.25) is 0 Å². The molecule has 3 rings (SSSR count). The zero-order valence-corrected chi connectivity index (χ0v) is 12.3. The second-order valence-electron chi connectivity index (χ2n) is 5.92. The van der Waals surface area contributed by atoms with E-state index in [1.165, 1.54) is 0 Å². The maximum atomic E-state index is 12.6. The third-order valence-electron chi connectivity index (χ3n) is 4.60. The molecule has 1 unspecified atom stereocenters. The van der Waals surface area contributed by atoms with Crippen LogP contribution in [0.5, 0.6) is 0 Å². The fourth-order valence-corrected chi connectivity index (χ4v) is 3.24. The largest absolute Gasteiger partial charge is 0.399 e. The van der Waals surface area contributed by atoms with Crippen molar-refractivity contribution in [2.75, 3.05) is 18.8 Å². The Kier molecular flexibility index (Phi) is 3.57. The lowest BCUT2D eigenvalue weighted by Gasteiger charge is -2.42. The first kappa shape index (κ1) is 13.9. The van der Waals surface area contributed by atoms with Gasteiger partial charge in [-0.05, 0) is 43.4 Å². The molecule has 2 aliphatic heterocycles. The highest BCUT2D eigenvalue weighted by molar-refractivity contribution is 5.95. The summed E-state index contributed by atoms with van der Waals surface area (Å²) in [7, 11) is 0. The zero-order chi connectivity index (χ0) is 15.0. The summed E-state index contributed by atoms with van der Waals surface area (Å²) in [6.07, 6.45) is 2.81. The molecular weight excluding hydrogens is 266 g/mol. The van der Waals surface area contributed by atoms with Crippen molar-refractivity contribution in [1.29, 1.82) is 0 Å². The molecule has 1 aromatic carbocycles. The molecule has 0 radical (unpaired) electrons. The fraction of sp³-hybridized carbons (Fsp3) is 0.500. The van der Waals surface area contributed by atoms with Crippen LogP contribution in [0.1, 0.15) is 30.4 Å². The number of amides is 2. The van der Waals surface area contributed by atoms with Gasteiger partial charge >= 0.3 is 0 Å². The quantitative estimate of drug-likeness (QED) is 0.834. The van der Waals surface area contributed by atoms with Gasteiger partial charge in [-0.2, -0.15) is 0 Å². The average molecular weight is 287 g/mol. The molecule has 2 aliphatic rings. The van der Waals surface area contributed by atoms with E-state index in [0.717, 1.165) is 42.6 Å². The first-order valence-corrected chi connectivity index (χ1v) is 7.50. The maximum absolute atomic E-state index is 12.6. The predicted molar refractivity (Wildman–Crippen MR) is 80.4 cm³/mol. The van der Waals surface area contributed by atoms with E-state index in [9.17, 15) is 9.59 Å². The molecule has 1 atom stereocenters. The lowest BCUT2D eigenvalue weighted by molar-refractivity contribution is -0.158. The van der Waals surface area contributed by atoms with Crippen LogP contribution >= 0.6 is 0 Å². The first-order chi connectivity index (χ1) is 10.1. The lowest BCUT2D eigenvalue weighted by atomic mass is 9.97. The van der Waals surface area contributed by atoms with Crippen LogP contribution in [-0.2, 0) is 16.1 Å². The highest BCUT2D eigenvalue weighted by atomic mass is 16.2. The third-order valence-corrected chi connectivity index (χ3v) is 4.60. The SMILES string of the molecule is Cc1c(N)cccc1CN1CC(=O)N2CCCCC2C1=O. The van der Waals surface area contributed by atoms with E-state index in [1.807, 2.05) is 25.1 Å². The summed E-state index contributed by atoms with van der Waals surface area (Å²) in [6.45, 7) is 3.32. The monoisotopic (exact) mass is 287 g/mol. The van der Waals surface area contributed by atoms with Crippen LogP contribution < -0.4 is 5.73 Å². The number of fused-ring (bicyclic) bond motifs is 1. The number of piperidine rings is 1. The van der Waals surface area contributed by atoms with E-state index >= 15 is 0 Å². The summed E-state index contributed by atoms with van der Waals surface area (Å²) < 4.78 is 0. The summed E-state index contributed by atoms with van der Waals surface area (Å²) in [6, 6.07) is 5.46. The van der Waals surface area contributed by atoms with Crippen molar-refractivity contribution in [2.24, 2.45) is 0 Å². The smallest absolute Gasteiger partial charge is 0.246 e. The Morgan fingerprint density at radius 1 is 1.29 bits per heavy atom. The van der Waals surface area contributed by atoms with Crippen LogP contribution in [-0.4, -0.2) is 40.7 Å². The van der Waals surface area contributed by atoms with Gasteiger partial charge in [0.15, 0.2) is 0 Å². The summed E-state index contributed by atoms with van der Waals surface area (Å²) in [4.78, 5) is 28.3. The predicted octanol–water partition coefficient (Wildman–Crippen LogP) is 1.30. The molecule has 0 aromatic heterocycles.